The highest BCUT2D eigenvalue weighted by Gasteiger charge is 2.15. The lowest BCUT2D eigenvalue weighted by atomic mass is 10.1. The maximum atomic E-state index is 4.69. The lowest BCUT2D eigenvalue weighted by Crippen LogP contribution is -2.20. The van der Waals surface area contributed by atoms with Crippen LogP contribution in [0.1, 0.15) is 12.8 Å². The number of thioether (sulfide) groups is 1. The zero-order valence-electron chi connectivity index (χ0n) is 11.0. The molecule has 0 amide bonds. The van der Waals surface area contributed by atoms with Crippen molar-refractivity contribution in [3.05, 3.63) is 36.5 Å². The van der Waals surface area contributed by atoms with Crippen LogP contribution >= 0.6 is 11.8 Å². The van der Waals surface area contributed by atoms with Crippen LogP contribution in [-0.2, 0) is 0 Å². The second kappa shape index (κ2) is 5.61. The number of benzene rings is 1. The summed E-state index contributed by atoms with van der Waals surface area (Å²) in [5, 5.41) is 0. The van der Waals surface area contributed by atoms with Gasteiger partial charge in [0.15, 0.2) is 0 Å². The van der Waals surface area contributed by atoms with Gasteiger partial charge in [-0.15, -0.1) is 11.8 Å². The molecule has 2 aromatic rings. The molecule has 1 saturated heterocycles. The molecule has 1 aliphatic rings. The highest BCUT2D eigenvalue weighted by molar-refractivity contribution is 7.98. The molecule has 1 aromatic heterocycles. The van der Waals surface area contributed by atoms with Crippen molar-refractivity contribution in [1.82, 2.24) is 9.97 Å². The van der Waals surface area contributed by atoms with Gasteiger partial charge in [0, 0.05) is 29.7 Å². The van der Waals surface area contributed by atoms with Crippen molar-refractivity contribution < 1.29 is 0 Å². The molecule has 1 aliphatic heterocycles. The second-order valence-corrected chi connectivity index (χ2v) is 5.54. The SMILES string of the molecule is CSc1ccc(-c2ccnc(N3CCCC3)n2)cc1. The Morgan fingerprint density at radius 2 is 1.79 bits per heavy atom. The van der Waals surface area contributed by atoms with Crippen LogP contribution in [0.15, 0.2) is 41.4 Å². The van der Waals surface area contributed by atoms with Gasteiger partial charge in [0.05, 0.1) is 5.69 Å². The molecular formula is C15H17N3S. The van der Waals surface area contributed by atoms with Crippen molar-refractivity contribution in [2.24, 2.45) is 0 Å². The molecule has 3 nitrogen and oxygen atoms in total. The zero-order valence-corrected chi connectivity index (χ0v) is 11.9. The highest BCUT2D eigenvalue weighted by atomic mass is 32.2. The van der Waals surface area contributed by atoms with Gasteiger partial charge in [-0.05, 0) is 37.3 Å². The summed E-state index contributed by atoms with van der Waals surface area (Å²) in [7, 11) is 0. The van der Waals surface area contributed by atoms with Gasteiger partial charge in [-0.1, -0.05) is 12.1 Å². The van der Waals surface area contributed by atoms with Crippen LogP contribution in [0, 0.1) is 0 Å². The van der Waals surface area contributed by atoms with Crippen LogP contribution in [0.3, 0.4) is 0 Å². The minimum atomic E-state index is 0.865. The van der Waals surface area contributed by atoms with E-state index < -0.39 is 0 Å². The number of rotatable bonds is 3. The third-order valence-electron chi connectivity index (χ3n) is 3.42. The molecule has 0 atom stereocenters. The van der Waals surface area contributed by atoms with Crippen LogP contribution in [0.5, 0.6) is 0 Å². The Balaban J connectivity index is 1.89. The molecule has 0 radical (unpaired) electrons. The predicted molar refractivity (Wildman–Crippen MR) is 80.7 cm³/mol. The fourth-order valence-electron chi connectivity index (χ4n) is 2.34. The Labute approximate surface area is 118 Å². The summed E-state index contributed by atoms with van der Waals surface area (Å²) in [5.41, 5.74) is 2.16. The van der Waals surface area contributed by atoms with E-state index in [9.17, 15) is 0 Å². The third kappa shape index (κ3) is 2.73. The van der Waals surface area contributed by atoms with Gasteiger partial charge < -0.3 is 4.90 Å². The molecule has 0 N–H and O–H groups in total. The van der Waals surface area contributed by atoms with Crippen LogP contribution in [0.2, 0.25) is 0 Å². The number of hydrogen-bond acceptors (Lipinski definition) is 4. The molecule has 0 spiro atoms. The molecule has 0 saturated carbocycles. The Kier molecular flexibility index (Phi) is 3.69. The van der Waals surface area contributed by atoms with E-state index in [4.69, 9.17) is 0 Å². The number of hydrogen-bond donors (Lipinski definition) is 0. The topological polar surface area (TPSA) is 29.0 Å². The van der Waals surface area contributed by atoms with E-state index in [2.05, 4.69) is 45.4 Å². The first-order valence-corrected chi connectivity index (χ1v) is 7.82. The Morgan fingerprint density at radius 3 is 2.47 bits per heavy atom. The third-order valence-corrected chi connectivity index (χ3v) is 4.16. The number of nitrogens with zero attached hydrogens (tertiary/aromatic N) is 3. The predicted octanol–water partition coefficient (Wildman–Crippen LogP) is 3.47. The maximum absolute atomic E-state index is 4.69. The van der Waals surface area contributed by atoms with Crippen LogP contribution < -0.4 is 4.90 Å². The van der Waals surface area contributed by atoms with Crippen LogP contribution in [0.25, 0.3) is 11.3 Å². The number of aromatic nitrogens is 2. The summed E-state index contributed by atoms with van der Waals surface area (Å²) in [6, 6.07) is 10.5. The summed E-state index contributed by atoms with van der Waals surface area (Å²) in [4.78, 5) is 12.6. The monoisotopic (exact) mass is 271 g/mol. The number of anilines is 1. The fourth-order valence-corrected chi connectivity index (χ4v) is 2.75. The van der Waals surface area contributed by atoms with E-state index in [1.807, 2.05) is 12.3 Å². The Bertz CT molecular complexity index is 548. The Hall–Kier alpha value is -1.55. The average molecular weight is 271 g/mol. The molecule has 2 heterocycles. The molecule has 98 valence electrons. The first-order valence-electron chi connectivity index (χ1n) is 6.59. The van der Waals surface area contributed by atoms with E-state index in [1.165, 1.54) is 17.7 Å². The molecule has 0 unspecified atom stereocenters. The van der Waals surface area contributed by atoms with Gasteiger partial charge in [0.2, 0.25) is 5.95 Å². The minimum Gasteiger partial charge on any atom is -0.341 e. The van der Waals surface area contributed by atoms with Gasteiger partial charge in [-0.3, -0.25) is 0 Å². The van der Waals surface area contributed by atoms with Gasteiger partial charge in [0.25, 0.3) is 0 Å². The summed E-state index contributed by atoms with van der Waals surface area (Å²) in [5.74, 6) is 0.865. The fraction of sp³-hybridized carbons (Fsp3) is 0.333. The normalized spacial score (nSPS) is 14.9. The molecular weight excluding hydrogens is 254 g/mol. The van der Waals surface area contributed by atoms with E-state index in [0.29, 0.717) is 0 Å². The van der Waals surface area contributed by atoms with Gasteiger partial charge in [-0.2, -0.15) is 0 Å². The highest BCUT2D eigenvalue weighted by Crippen LogP contribution is 2.23. The van der Waals surface area contributed by atoms with Gasteiger partial charge in [0.1, 0.15) is 0 Å². The van der Waals surface area contributed by atoms with Crippen molar-refractivity contribution in [2.75, 3.05) is 24.2 Å². The summed E-state index contributed by atoms with van der Waals surface area (Å²) in [6.45, 7) is 2.16. The standard InChI is InChI=1S/C15H17N3S/c1-19-13-6-4-12(5-7-13)14-8-9-16-15(17-14)18-10-2-3-11-18/h4-9H,2-3,10-11H2,1H3. The van der Waals surface area contributed by atoms with E-state index in [1.54, 1.807) is 11.8 Å². The van der Waals surface area contributed by atoms with E-state index in [0.717, 1.165) is 30.3 Å². The van der Waals surface area contributed by atoms with Gasteiger partial charge >= 0.3 is 0 Å². The lowest BCUT2D eigenvalue weighted by molar-refractivity contribution is 0.900. The largest absolute Gasteiger partial charge is 0.341 e. The van der Waals surface area contributed by atoms with Crippen molar-refractivity contribution in [3.63, 3.8) is 0 Å². The molecule has 4 heteroatoms. The van der Waals surface area contributed by atoms with Gasteiger partial charge in [-0.25, -0.2) is 9.97 Å². The zero-order chi connectivity index (χ0) is 13.1. The molecule has 3 rings (SSSR count). The molecule has 19 heavy (non-hydrogen) atoms. The lowest BCUT2D eigenvalue weighted by Gasteiger charge is -2.15. The van der Waals surface area contributed by atoms with E-state index >= 15 is 0 Å². The molecule has 1 aromatic carbocycles. The molecule has 0 bridgehead atoms. The second-order valence-electron chi connectivity index (χ2n) is 4.66. The quantitative estimate of drug-likeness (QED) is 0.799. The smallest absolute Gasteiger partial charge is 0.225 e. The maximum Gasteiger partial charge on any atom is 0.225 e. The summed E-state index contributed by atoms with van der Waals surface area (Å²) in [6.07, 6.45) is 6.44. The molecule has 0 aliphatic carbocycles. The molecule has 1 fully saturated rings. The van der Waals surface area contributed by atoms with Crippen molar-refractivity contribution in [2.45, 2.75) is 17.7 Å². The Morgan fingerprint density at radius 1 is 1.05 bits per heavy atom. The minimum absolute atomic E-state index is 0.865. The van der Waals surface area contributed by atoms with Crippen molar-refractivity contribution in [1.29, 1.82) is 0 Å². The average Bonchev–Trinajstić information content (AvgIpc) is 3.02. The van der Waals surface area contributed by atoms with Crippen molar-refractivity contribution in [3.8, 4) is 11.3 Å². The van der Waals surface area contributed by atoms with Crippen molar-refractivity contribution >= 4 is 17.7 Å². The first kappa shape index (κ1) is 12.5. The van der Waals surface area contributed by atoms with Crippen LogP contribution in [-0.4, -0.2) is 29.3 Å². The summed E-state index contributed by atoms with van der Waals surface area (Å²) >= 11 is 1.76. The first-order chi connectivity index (χ1) is 9.36. The van der Waals surface area contributed by atoms with Crippen LogP contribution in [0.4, 0.5) is 5.95 Å². The van der Waals surface area contributed by atoms with E-state index in [-0.39, 0.29) is 0 Å². The summed E-state index contributed by atoms with van der Waals surface area (Å²) < 4.78 is 0.